The van der Waals surface area contributed by atoms with E-state index >= 15 is 0 Å². The third-order valence-corrected chi connectivity index (χ3v) is 2.95. The van der Waals surface area contributed by atoms with Crippen LogP contribution in [-0.2, 0) is 4.79 Å². The van der Waals surface area contributed by atoms with Gasteiger partial charge in [-0.1, -0.05) is 54.6 Å². The predicted octanol–water partition coefficient (Wildman–Crippen LogP) is 2.90. The molecule has 2 aromatic carbocycles. The number of carboxylic acid groups (broad SMARTS) is 1. The standard InChI is InChI=1S/C15H15NO2.ClH/c16-10-14(15(17)18)13-8-6-12(7-9-13)11-4-2-1-3-5-11;/h1-9,14H,10,16H2,(H,17,18);1H. The van der Waals surface area contributed by atoms with Crippen LogP contribution in [0.2, 0.25) is 0 Å². The van der Waals surface area contributed by atoms with Crippen molar-refractivity contribution in [2.75, 3.05) is 6.54 Å². The molecule has 100 valence electrons. The maximum Gasteiger partial charge on any atom is 0.312 e. The van der Waals surface area contributed by atoms with Crippen LogP contribution in [0.25, 0.3) is 11.1 Å². The van der Waals surface area contributed by atoms with E-state index in [1.165, 1.54) is 0 Å². The van der Waals surface area contributed by atoms with E-state index in [-0.39, 0.29) is 19.0 Å². The van der Waals surface area contributed by atoms with Crippen LogP contribution < -0.4 is 5.73 Å². The highest BCUT2D eigenvalue weighted by Gasteiger charge is 2.17. The molecule has 0 aliphatic carbocycles. The molecule has 0 aliphatic rings. The minimum absolute atomic E-state index is 0. The van der Waals surface area contributed by atoms with Gasteiger partial charge in [-0.25, -0.2) is 0 Å². The Kier molecular flexibility index (Phi) is 5.55. The molecule has 2 aromatic rings. The van der Waals surface area contributed by atoms with Crippen molar-refractivity contribution in [1.82, 2.24) is 0 Å². The second kappa shape index (κ2) is 6.92. The number of rotatable bonds is 4. The van der Waals surface area contributed by atoms with Gasteiger partial charge in [0.25, 0.3) is 0 Å². The fourth-order valence-corrected chi connectivity index (χ4v) is 1.92. The van der Waals surface area contributed by atoms with Gasteiger partial charge in [0.2, 0.25) is 0 Å². The molecule has 19 heavy (non-hydrogen) atoms. The summed E-state index contributed by atoms with van der Waals surface area (Å²) in [7, 11) is 0. The van der Waals surface area contributed by atoms with Crippen molar-refractivity contribution in [2.24, 2.45) is 5.73 Å². The maximum atomic E-state index is 11.0. The summed E-state index contributed by atoms with van der Waals surface area (Å²) in [6, 6.07) is 17.5. The summed E-state index contributed by atoms with van der Waals surface area (Å²) in [5, 5.41) is 9.03. The summed E-state index contributed by atoms with van der Waals surface area (Å²) in [5.74, 6) is -1.51. The van der Waals surface area contributed by atoms with Gasteiger partial charge in [0, 0.05) is 6.54 Å². The fraction of sp³-hybridized carbons (Fsp3) is 0.133. The van der Waals surface area contributed by atoms with Crippen LogP contribution in [0.5, 0.6) is 0 Å². The largest absolute Gasteiger partial charge is 0.481 e. The zero-order valence-corrected chi connectivity index (χ0v) is 11.1. The summed E-state index contributed by atoms with van der Waals surface area (Å²) in [4.78, 5) is 11.0. The molecule has 0 fully saturated rings. The fourth-order valence-electron chi connectivity index (χ4n) is 1.92. The second-order valence-corrected chi connectivity index (χ2v) is 4.11. The Bertz CT molecular complexity index is 526. The first-order valence-corrected chi connectivity index (χ1v) is 5.80. The van der Waals surface area contributed by atoms with Gasteiger partial charge < -0.3 is 10.8 Å². The molecule has 3 N–H and O–H groups in total. The van der Waals surface area contributed by atoms with Gasteiger partial charge in [-0.15, -0.1) is 12.4 Å². The molecular formula is C15H16ClNO2. The molecule has 2 rings (SSSR count). The highest BCUT2D eigenvalue weighted by Crippen LogP contribution is 2.22. The van der Waals surface area contributed by atoms with E-state index in [2.05, 4.69) is 0 Å². The second-order valence-electron chi connectivity index (χ2n) is 4.11. The Morgan fingerprint density at radius 3 is 2.00 bits per heavy atom. The lowest BCUT2D eigenvalue weighted by Crippen LogP contribution is -2.20. The number of carbonyl (C=O) groups is 1. The third kappa shape index (κ3) is 3.56. The highest BCUT2D eigenvalue weighted by molar-refractivity contribution is 5.85. The number of benzene rings is 2. The van der Waals surface area contributed by atoms with Crippen molar-refractivity contribution in [2.45, 2.75) is 5.92 Å². The van der Waals surface area contributed by atoms with Gasteiger partial charge >= 0.3 is 5.97 Å². The van der Waals surface area contributed by atoms with Gasteiger partial charge in [-0.2, -0.15) is 0 Å². The molecule has 0 spiro atoms. The highest BCUT2D eigenvalue weighted by atomic mass is 35.5. The van der Waals surface area contributed by atoms with Crippen LogP contribution >= 0.6 is 12.4 Å². The normalized spacial score (nSPS) is 11.4. The SMILES string of the molecule is Cl.NCC(C(=O)O)c1ccc(-c2ccccc2)cc1. The lowest BCUT2D eigenvalue weighted by atomic mass is 9.96. The Hall–Kier alpha value is -1.84. The number of nitrogens with two attached hydrogens (primary N) is 1. The average molecular weight is 278 g/mol. The van der Waals surface area contributed by atoms with Crippen LogP contribution in [0.4, 0.5) is 0 Å². The number of hydrogen-bond acceptors (Lipinski definition) is 2. The van der Waals surface area contributed by atoms with Crippen molar-refractivity contribution in [3.05, 3.63) is 60.2 Å². The Morgan fingerprint density at radius 2 is 1.53 bits per heavy atom. The first-order chi connectivity index (χ1) is 8.72. The zero-order valence-electron chi connectivity index (χ0n) is 10.3. The first-order valence-electron chi connectivity index (χ1n) is 5.80. The van der Waals surface area contributed by atoms with E-state index in [1.54, 1.807) is 0 Å². The van der Waals surface area contributed by atoms with Crippen molar-refractivity contribution >= 4 is 18.4 Å². The molecule has 1 unspecified atom stereocenters. The van der Waals surface area contributed by atoms with Gasteiger partial charge in [0.05, 0.1) is 5.92 Å². The number of hydrogen-bond donors (Lipinski definition) is 2. The Morgan fingerprint density at radius 1 is 1.00 bits per heavy atom. The first kappa shape index (κ1) is 15.2. The molecule has 4 heteroatoms. The van der Waals surface area contributed by atoms with Gasteiger partial charge in [-0.05, 0) is 16.7 Å². The lowest BCUT2D eigenvalue weighted by molar-refractivity contribution is -0.138. The van der Waals surface area contributed by atoms with Gasteiger partial charge in [0.1, 0.15) is 0 Å². The third-order valence-electron chi connectivity index (χ3n) is 2.95. The van der Waals surface area contributed by atoms with E-state index in [0.717, 1.165) is 16.7 Å². The molecular weight excluding hydrogens is 262 g/mol. The van der Waals surface area contributed by atoms with E-state index in [0.29, 0.717) is 0 Å². The van der Waals surface area contributed by atoms with Gasteiger partial charge in [0.15, 0.2) is 0 Å². The van der Waals surface area contributed by atoms with E-state index in [9.17, 15) is 4.79 Å². The topological polar surface area (TPSA) is 63.3 Å². The van der Waals surface area contributed by atoms with Crippen LogP contribution in [-0.4, -0.2) is 17.6 Å². The lowest BCUT2D eigenvalue weighted by Gasteiger charge is -2.10. The monoisotopic (exact) mass is 277 g/mol. The van der Waals surface area contributed by atoms with Crippen molar-refractivity contribution in [3.8, 4) is 11.1 Å². The number of halogens is 1. The van der Waals surface area contributed by atoms with Crippen LogP contribution in [0, 0.1) is 0 Å². The predicted molar refractivity (Wildman–Crippen MR) is 78.6 cm³/mol. The summed E-state index contributed by atoms with van der Waals surface area (Å²) < 4.78 is 0. The summed E-state index contributed by atoms with van der Waals surface area (Å²) in [6.07, 6.45) is 0. The van der Waals surface area contributed by atoms with E-state index in [1.807, 2.05) is 54.6 Å². The van der Waals surface area contributed by atoms with E-state index < -0.39 is 11.9 Å². The molecule has 0 bridgehead atoms. The number of aliphatic carboxylic acids is 1. The minimum Gasteiger partial charge on any atom is -0.481 e. The molecule has 0 aromatic heterocycles. The van der Waals surface area contributed by atoms with Crippen LogP contribution in [0.1, 0.15) is 11.5 Å². The molecule has 1 atom stereocenters. The van der Waals surface area contributed by atoms with Crippen molar-refractivity contribution < 1.29 is 9.90 Å². The molecule has 0 aliphatic heterocycles. The van der Waals surface area contributed by atoms with Crippen molar-refractivity contribution in [1.29, 1.82) is 0 Å². The summed E-state index contributed by atoms with van der Waals surface area (Å²) in [6.45, 7) is 0.111. The number of carboxylic acids is 1. The van der Waals surface area contributed by atoms with E-state index in [4.69, 9.17) is 10.8 Å². The maximum absolute atomic E-state index is 11.0. The Labute approximate surface area is 118 Å². The van der Waals surface area contributed by atoms with Gasteiger partial charge in [-0.3, -0.25) is 4.79 Å². The Balaban J connectivity index is 0.00000180. The molecule has 0 saturated carbocycles. The molecule has 0 radical (unpaired) electrons. The smallest absolute Gasteiger partial charge is 0.312 e. The minimum atomic E-state index is -0.884. The zero-order chi connectivity index (χ0) is 13.0. The summed E-state index contributed by atoms with van der Waals surface area (Å²) in [5.41, 5.74) is 8.40. The molecule has 0 saturated heterocycles. The molecule has 3 nitrogen and oxygen atoms in total. The van der Waals surface area contributed by atoms with Crippen LogP contribution in [0.15, 0.2) is 54.6 Å². The molecule has 0 amide bonds. The molecule has 0 heterocycles. The van der Waals surface area contributed by atoms with Crippen LogP contribution in [0.3, 0.4) is 0 Å². The summed E-state index contributed by atoms with van der Waals surface area (Å²) >= 11 is 0. The van der Waals surface area contributed by atoms with Crippen molar-refractivity contribution in [3.63, 3.8) is 0 Å². The quantitative estimate of drug-likeness (QED) is 0.903. The average Bonchev–Trinajstić information content (AvgIpc) is 2.41.